The van der Waals surface area contributed by atoms with Gasteiger partial charge in [0.2, 0.25) is 15.8 Å². The Kier molecular flexibility index (Phi) is 10.8. The molecule has 1 aliphatic rings. The van der Waals surface area contributed by atoms with E-state index in [9.17, 15) is 23.1 Å². The number of hydrogen-bond acceptors (Lipinski definition) is 10. The van der Waals surface area contributed by atoms with Crippen LogP contribution in [-0.4, -0.2) is 80.7 Å². The van der Waals surface area contributed by atoms with Gasteiger partial charge in [-0.15, -0.1) is 0 Å². The Balaban J connectivity index is 2.16. The number of hydrogen-bond donors (Lipinski definition) is 3. The van der Waals surface area contributed by atoms with E-state index in [-0.39, 0.29) is 63.1 Å². The average Bonchev–Trinajstić information content (AvgIpc) is 2.85. The van der Waals surface area contributed by atoms with Gasteiger partial charge in [0, 0.05) is 13.1 Å². The number of nitrogens with one attached hydrogen (secondary N) is 2. The normalized spacial score (nSPS) is 16.2. The number of aryl methyl sites for hydroxylation is 1. The number of carbonyl (C=O) groups is 2. The van der Waals surface area contributed by atoms with Crippen molar-refractivity contribution in [2.45, 2.75) is 44.1 Å². The molecule has 1 heterocycles. The number of esters is 2. The molecule has 1 fully saturated rings. The summed E-state index contributed by atoms with van der Waals surface area (Å²) < 4.78 is 42.8. The van der Waals surface area contributed by atoms with Crippen molar-refractivity contribution in [1.82, 2.24) is 9.79 Å². The van der Waals surface area contributed by atoms with Gasteiger partial charge in [-0.1, -0.05) is 17.7 Å². The molecule has 0 unspecified atom stereocenters. The van der Waals surface area contributed by atoms with Crippen LogP contribution in [0.2, 0.25) is 0 Å². The third-order valence-electron chi connectivity index (χ3n) is 5.39. The summed E-state index contributed by atoms with van der Waals surface area (Å²) in [5.74, 6) is -2.64. The van der Waals surface area contributed by atoms with E-state index in [0.717, 1.165) is 11.6 Å². The van der Waals surface area contributed by atoms with Gasteiger partial charge in [-0.25, -0.2) is 23.5 Å². The van der Waals surface area contributed by atoms with Crippen molar-refractivity contribution in [3.63, 3.8) is 0 Å². The highest BCUT2D eigenvalue weighted by atomic mass is 32.2. The van der Waals surface area contributed by atoms with Gasteiger partial charge in [-0.2, -0.15) is 4.31 Å². The van der Waals surface area contributed by atoms with E-state index in [1.807, 2.05) is 6.92 Å². The van der Waals surface area contributed by atoms with Crippen LogP contribution in [0.3, 0.4) is 0 Å². The Labute approximate surface area is 210 Å². The van der Waals surface area contributed by atoms with E-state index in [2.05, 4.69) is 5.48 Å². The Bertz CT molecular complexity index is 1050. The zero-order valence-electron chi connectivity index (χ0n) is 20.6. The van der Waals surface area contributed by atoms with Crippen molar-refractivity contribution < 1.29 is 42.2 Å². The maximum Gasteiger partial charge on any atom is 0.377 e. The summed E-state index contributed by atoms with van der Waals surface area (Å²) in [6.07, 6.45) is 0.938. The fourth-order valence-electron chi connectivity index (χ4n) is 3.48. The molecule has 0 atom stereocenters. The van der Waals surface area contributed by atoms with Crippen molar-refractivity contribution >= 4 is 27.8 Å². The van der Waals surface area contributed by atoms with E-state index in [1.54, 1.807) is 38.1 Å². The molecule has 2 rings (SSSR count). The SMILES string of the molecule is CCOC(=O)C=C(ONC(=N)C1(OCCO)CCN(S(=O)(=O)c2ccc(C)cc2)CC1)C(=O)OCC. The van der Waals surface area contributed by atoms with Crippen molar-refractivity contribution in [3.8, 4) is 0 Å². The molecule has 13 heteroatoms. The number of sulfonamides is 1. The molecule has 1 aromatic rings. The summed E-state index contributed by atoms with van der Waals surface area (Å²) in [7, 11) is -3.75. The third-order valence-corrected chi connectivity index (χ3v) is 7.30. The molecule has 200 valence electrons. The van der Waals surface area contributed by atoms with Gasteiger partial charge in [-0.3, -0.25) is 5.41 Å². The quantitative estimate of drug-likeness (QED) is 0.0893. The number of aliphatic hydroxyl groups excluding tert-OH is 1. The Morgan fingerprint density at radius 3 is 2.31 bits per heavy atom. The minimum absolute atomic E-state index is 0.0225. The van der Waals surface area contributed by atoms with E-state index in [0.29, 0.717) is 0 Å². The number of amidine groups is 1. The van der Waals surface area contributed by atoms with Crippen LogP contribution in [0.5, 0.6) is 0 Å². The van der Waals surface area contributed by atoms with Crippen molar-refractivity contribution in [2.24, 2.45) is 0 Å². The molecule has 0 bridgehead atoms. The van der Waals surface area contributed by atoms with Crippen LogP contribution < -0.4 is 5.48 Å². The molecule has 0 spiro atoms. The van der Waals surface area contributed by atoms with E-state index in [1.165, 1.54) is 4.31 Å². The van der Waals surface area contributed by atoms with Gasteiger partial charge in [0.1, 0.15) is 5.60 Å². The van der Waals surface area contributed by atoms with E-state index in [4.69, 9.17) is 24.5 Å². The molecule has 0 aromatic heterocycles. The summed E-state index contributed by atoms with van der Waals surface area (Å²) in [5.41, 5.74) is 1.92. The fourth-order valence-corrected chi connectivity index (χ4v) is 4.92. The maximum absolute atomic E-state index is 13.0. The Hall–Kier alpha value is -3.00. The minimum atomic E-state index is -3.75. The standard InChI is InChI=1S/C23H33N3O9S/c1-4-32-20(28)16-19(21(29)33-5-2)35-25-22(24)23(34-15-14-27)10-12-26(13-11-23)36(30,31)18-8-6-17(3)7-9-18/h6-9,16,27H,4-5,10-15H2,1-3H3,(H2,24,25). The Morgan fingerprint density at radius 2 is 1.75 bits per heavy atom. The van der Waals surface area contributed by atoms with Gasteiger partial charge >= 0.3 is 11.9 Å². The highest BCUT2D eigenvalue weighted by molar-refractivity contribution is 7.89. The monoisotopic (exact) mass is 527 g/mol. The van der Waals surface area contributed by atoms with Gasteiger partial charge in [0.15, 0.2) is 5.84 Å². The summed E-state index contributed by atoms with van der Waals surface area (Å²) in [4.78, 5) is 29.3. The zero-order valence-corrected chi connectivity index (χ0v) is 21.4. The van der Waals surface area contributed by atoms with Crippen molar-refractivity contribution in [2.75, 3.05) is 39.5 Å². The first-order valence-corrected chi connectivity index (χ1v) is 12.9. The number of aliphatic hydroxyl groups is 1. The first kappa shape index (κ1) is 29.2. The molecule has 0 radical (unpaired) electrons. The number of piperidine rings is 1. The molecule has 1 aromatic carbocycles. The molecule has 1 aliphatic heterocycles. The molecule has 0 amide bonds. The predicted molar refractivity (Wildman–Crippen MR) is 128 cm³/mol. The fraction of sp³-hybridized carbons (Fsp3) is 0.522. The van der Waals surface area contributed by atoms with Crippen LogP contribution >= 0.6 is 0 Å². The lowest BCUT2D eigenvalue weighted by atomic mass is 9.91. The molecule has 3 N–H and O–H groups in total. The lowest BCUT2D eigenvalue weighted by Gasteiger charge is -2.40. The lowest BCUT2D eigenvalue weighted by molar-refractivity contribution is -0.145. The van der Waals surface area contributed by atoms with E-state index < -0.39 is 33.3 Å². The largest absolute Gasteiger partial charge is 0.463 e. The van der Waals surface area contributed by atoms with Crippen LogP contribution in [0, 0.1) is 12.3 Å². The second-order valence-electron chi connectivity index (χ2n) is 7.84. The number of rotatable bonds is 12. The Morgan fingerprint density at radius 1 is 1.14 bits per heavy atom. The molecule has 12 nitrogen and oxygen atoms in total. The number of ether oxygens (including phenoxy) is 3. The third kappa shape index (κ3) is 7.50. The molecule has 1 saturated heterocycles. The molecular weight excluding hydrogens is 494 g/mol. The first-order valence-electron chi connectivity index (χ1n) is 11.5. The van der Waals surface area contributed by atoms with Crippen LogP contribution in [0.15, 0.2) is 41.0 Å². The summed E-state index contributed by atoms with van der Waals surface area (Å²) in [6, 6.07) is 6.51. The highest BCUT2D eigenvalue weighted by Crippen LogP contribution is 2.30. The van der Waals surface area contributed by atoms with Crippen LogP contribution in [0.4, 0.5) is 0 Å². The maximum atomic E-state index is 13.0. The van der Waals surface area contributed by atoms with Crippen LogP contribution in [0.25, 0.3) is 0 Å². The van der Waals surface area contributed by atoms with Gasteiger partial charge in [-0.05, 0) is 45.7 Å². The lowest BCUT2D eigenvalue weighted by Crippen LogP contribution is -2.56. The smallest absolute Gasteiger partial charge is 0.377 e. The van der Waals surface area contributed by atoms with Crippen molar-refractivity contribution in [1.29, 1.82) is 5.41 Å². The minimum Gasteiger partial charge on any atom is -0.463 e. The molecule has 36 heavy (non-hydrogen) atoms. The van der Waals surface area contributed by atoms with Gasteiger partial charge in [0.05, 0.1) is 37.4 Å². The van der Waals surface area contributed by atoms with Crippen LogP contribution in [-0.2, 0) is 38.7 Å². The number of carbonyl (C=O) groups excluding carboxylic acids is 2. The molecule has 0 saturated carbocycles. The van der Waals surface area contributed by atoms with Crippen LogP contribution in [0.1, 0.15) is 32.3 Å². The summed E-state index contributed by atoms with van der Waals surface area (Å²) in [5, 5.41) is 17.8. The number of hydroxylamine groups is 1. The summed E-state index contributed by atoms with van der Waals surface area (Å²) in [6.45, 7) is 4.77. The first-order chi connectivity index (χ1) is 17.1. The van der Waals surface area contributed by atoms with Crippen molar-refractivity contribution in [3.05, 3.63) is 41.7 Å². The average molecular weight is 528 g/mol. The topological polar surface area (TPSA) is 165 Å². The number of benzene rings is 1. The summed E-state index contributed by atoms with van der Waals surface area (Å²) >= 11 is 0. The second-order valence-corrected chi connectivity index (χ2v) is 9.78. The second kappa shape index (κ2) is 13.3. The number of nitrogens with zero attached hydrogens (tertiary/aromatic N) is 1. The molecular formula is C23H33N3O9S. The van der Waals surface area contributed by atoms with E-state index >= 15 is 0 Å². The predicted octanol–water partition coefficient (Wildman–Crippen LogP) is 1.04. The highest BCUT2D eigenvalue weighted by Gasteiger charge is 2.43. The molecule has 0 aliphatic carbocycles. The zero-order chi connectivity index (χ0) is 26.8. The van der Waals surface area contributed by atoms with Gasteiger partial charge in [0.25, 0.3) is 0 Å². The van der Waals surface area contributed by atoms with Gasteiger partial charge < -0.3 is 24.2 Å².